The Balaban J connectivity index is -0.00000000379. The van der Waals surface area contributed by atoms with E-state index < -0.39 is 0 Å². The Labute approximate surface area is 96.2 Å². The summed E-state index contributed by atoms with van der Waals surface area (Å²) in [5.41, 5.74) is 0. The molecule has 0 unspecified atom stereocenters. The number of nitriles is 5. The summed E-state index contributed by atoms with van der Waals surface area (Å²) in [6.45, 7) is 17.5. The average molecular weight is 176 g/mol. The fourth-order valence-corrected chi connectivity index (χ4v) is 0. The molecule has 7 heteroatoms. The molecular weight excluding hydrogens is 167 g/mol. The Kier molecular flexibility index (Phi) is 1740. The maximum Gasteiger partial charge on any atom is 1.00 e. The second-order valence-electron chi connectivity index (χ2n) is 0. The molecule has 0 heterocycles. The molecular formula is C5H9N6Na. The van der Waals surface area contributed by atoms with Gasteiger partial charge in [0.2, 0.25) is 0 Å². The molecule has 0 bridgehead atoms. The summed E-state index contributed by atoms with van der Waals surface area (Å²) in [7, 11) is 0. The van der Waals surface area contributed by atoms with Crippen molar-refractivity contribution in [3.8, 4) is 32.9 Å². The van der Waals surface area contributed by atoms with Gasteiger partial charge in [-0.25, -0.2) is 26.3 Å². The normalized spacial score (nSPS) is 0.833. The molecule has 0 aliphatic rings. The van der Waals surface area contributed by atoms with Crippen molar-refractivity contribution < 1.29 is 31.0 Å². The zero-order valence-electron chi connectivity index (χ0n) is 7.83. The van der Waals surface area contributed by atoms with Gasteiger partial charge < -0.3 is 7.58 Å². The topological polar surface area (TPSA) is 154 Å². The molecule has 0 fully saturated rings. The van der Waals surface area contributed by atoms with Crippen LogP contribution in [0.15, 0.2) is 0 Å². The largest absolute Gasteiger partial charge is 1.00 e. The molecule has 12 heavy (non-hydrogen) atoms. The van der Waals surface area contributed by atoms with Gasteiger partial charge in [0.25, 0.3) is 0 Å². The van der Waals surface area contributed by atoms with E-state index in [2.05, 4.69) is 32.9 Å². The summed E-state index contributed by atoms with van der Waals surface area (Å²) in [6, 6.07) is 0. The number of hydrogen-bond acceptors (Lipinski definition) is 6. The summed E-state index contributed by atoms with van der Waals surface area (Å²) in [5.74, 6) is 0. The van der Waals surface area contributed by atoms with Gasteiger partial charge in [0.15, 0.2) is 0 Å². The van der Waals surface area contributed by atoms with Gasteiger partial charge >= 0.3 is 29.6 Å². The minimum absolute atomic E-state index is 0. The van der Waals surface area contributed by atoms with E-state index in [4.69, 9.17) is 26.3 Å². The van der Waals surface area contributed by atoms with E-state index in [9.17, 15) is 0 Å². The van der Waals surface area contributed by atoms with Gasteiger partial charge in [0, 0.05) is 32.9 Å². The molecule has 0 rings (SSSR count). The standard InChI is InChI=1S/5CHN.H3N.Na.H/c5*1-2;;;/h5*1H;1H3;;/q;;;;;;+1;-1. The minimum Gasteiger partial charge on any atom is -1.00 e. The zero-order chi connectivity index (χ0) is 10.0. The van der Waals surface area contributed by atoms with E-state index in [-0.39, 0.29) is 37.1 Å². The maximum atomic E-state index is 6.50. The smallest absolute Gasteiger partial charge is 1.00 e. The van der Waals surface area contributed by atoms with E-state index in [1.165, 1.54) is 0 Å². The van der Waals surface area contributed by atoms with Gasteiger partial charge in [0.1, 0.15) is 0 Å². The number of hydrogen-bond donors (Lipinski definition) is 1. The van der Waals surface area contributed by atoms with E-state index in [0.29, 0.717) is 0 Å². The van der Waals surface area contributed by atoms with Crippen molar-refractivity contribution in [3.63, 3.8) is 0 Å². The quantitative estimate of drug-likeness (QED) is 0.420. The van der Waals surface area contributed by atoms with E-state index >= 15 is 0 Å². The van der Waals surface area contributed by atoms with Crippen molar-refractivity contribution in [1.29, 1.82) is 26.3 Å². The van der Waals surface area contributed by atoms with Crippen LogP contribution < -0.4 is 35.7 Å². The first-order chi connectivity index (χ1) is 5.00. The van der Waals surface area contributed by atoms with Crippen LogP contribution in [-0.4, -0.2) is 0 Å². The third kappa shape index (κ3) is 183. The van der Waals surface area contributed by atoms with Crippen LogP contribution in [-0.2, 0) is 0 Å². The Hall–Kier alpha value is -1.59. The van der Waals surface area contributed by atoms with Gasteiger partial charge in [-0.1, -0.05) is 0 Å². The molecule has 6 nitrogen and oxygen atoms in total. The molecule has 0 aromatic rings. The first kappa shape index (κ1) is 79.3. The molecule has 0 spiro atoms. The third-order valence-corrected chi connectivity index (χ3v) is 0. The van der Waals surface area contributed by atoms with Crippen molar-refractivity contribution in [2.24, 2.45) is 0 Å². The van der Waals surface area contributed by atoms with Crippen molar-refractivity contribution >= 4 is 0 Å². The van der Waals surface area contributed by atoms with Crippen LogP contribution in [0.4, 0.5) is 0 Å². The fraction of sp³-hybridized carbons (Fsp3) is 0. The number of nitrogens with zero attached hydrogens (tertiary/aromatic N) is 5. The van der Waals surface area contributed by atoms with Crippen LogP contribution in [0.3, 0.4) is 0 Å². The summed E-state index contributed by atoms with van der Waals surface area (Å²) in [6.07, 6.45) is 0. The van der Waals surface area contributed by atoms with Crippen LogP contribution in [0.1, 0.15) is 1.43 Å². The second-order valence-corrected chi connectivity index (χ2v) is 0. The minimum atomic E-state index is 0. The van der Waals surface area contributed by atoms with E-state index in [0.717, 1.165) is 0 Å². The summed E-state index contributed by atoms with van der Waals surface area (Å²) in [4.78, 5) is 0. The molecule has 0 radical (unpaired) electrons. The van der Waals surface area contributed by atoms with Gasteiger partial charge in [0.05, 0.1) is 0 Å². The zero-order valence-corrected chi connectivity index (χ0v) is 8.83. The van der Waals surface area contributed by atoms with Crippen LogP contribution >= 0.6 is 0 Å². The van der Waals surface area contributed by atoms with E-state index in [1.54, 1.807) is 0 Å². The molecule has 0 saturated heterocycles. The van der Waals surface area contributed by atoms with Crippen molar-refractivity contribution in [1.82, 2.24) is 6.15 Å². The van der Waals surface area contributed by atoms with Crippen molar-refractivity contribution in [3.05, 3.63) is 0 Å². The van der Waals surface area contributed by atoms with Crippen LogP contribution in [0, 0.1) is 59.2 Å². The Morgan fingerprint density at radius 3 is 0.500 bits per heavy atom. The summed E-state index contributed by atoms with van der Waals surface area (Å²) >= 11 is 0. The van der Waals surface area contributed by atoms with Gasteiger partial charge in [-0.2, -0.15) is 0 Å². The molecule has 60 valence electrons. The van der Waals surface area contributed by atoms with Crippen LogP contribution in [0.2, 0.25) is 0 Å². The average Bonchev–Trinajstić information content (AvgIpc) is 2.20. The number of rotatable bonds is 0. The fourth-order valence-electron chi connectivity index (χ4n) is 0. The molecule has 0 aliphatic carbocycles. The van der Waals surface area contributed by atoms with E-state index in [1.807, 2.05) is 0 Å². The van der Waals surface area contributed by atoms with Crippen LogP contribution in [0.25, 0.3) is 0 Å². The van der Waals surface area contributed by atoms with Crippen molar-refractivity contribution in [2.45, 2.75) is 0 Å². The second kappa shape index (κ2) is 263. The summed E-state index contributed by atoms with van der Waals surface area (Å²) < 4.78 is 0. The SMILES string of the molecule is C#N.C#N.C#N.C#N.C#N.N.[H-].[Na+]. The Morgan fingerprint density at radius 1 is 0.500 bits per heavy atom. The molecule has 0 amide bonds. The Morgan fingerprint density at radius 2 is 0.500 bits per heavy atom. The van der Waals surface area contributed by atoms with Crippen LogP contribution in [0.5, 0.6) is 0 Å². The van der Waals surface area contributed by atoms with Gasteiger partial charge in [-0.15, -0.1) is 0 Å². The molecule has 0 aromatic carbocycles. The van der Waals surface area contributed by atoms with Gasteiger partial charge in [-0.05, 0) is 0 Å². The molecule has 0 saturated carbocycles. The predicted molar refractivity (Wildman–Crippen MR) is 39.5 cm³/mol. The molecule has 0 aliphatic heterocycles. The Bertz CT molecular complexity index is 79.6. The first-order valence-corrected chi connectivity index (χ1v) is 1.29. The monoisotopic (exact) mass is 176 g/mol. The molecule has 0 atom stereocenters. The molecule has 0 aromatic heterocycles. The van der Waals surface area contributed by atoms with Gasteiger partial charge in [-0.3, -0.25) is 0 Å². The predicted octanol–water partition coefficient (Wildman–Crippen LogP) is -2.02. The van der Waals surface area contributed by atoms with Crippen molar-refractivity contribution in [2.75, 3.05) is 0 Å². The molecule has 3 N–H and O–H groups in total. The maximum absolute atomic E-state index is 6.50. The first-order valence-electron chi connectivity index (χ1n) is 1.29. The summed E-state index contributed by atoms with van der Waals surface area (Å²) in [5, 5.41) is 32.5. The third-order valence-electron chi connectivity index (χ3n) is 0.